The average molecular weight is 1520 g/mol. The zero-order valence-corrected chi connectivity index (χ0v) is 44.1. The summed E-state index contributed by atoms with van der Waals surface area (Å²) in [6.45, 7) is -4.34. The van der Waals surface area contributed by atoms with Gasteiger partial charge in [-0.1, -0.05) is 0 Å². The van der Waals surface area contributed by atoms with E-state index in [1.165, 1.54) is 0 Å². The smallest absolute Gasteiger partial charge is 0.265 e. The minimum Gasteiger partial charge on any atom is -0.394 e. The fourth-order valence-electron chi connectivity index (χ4n) is 4.83. The van der Waals surface area contributed by atoms with Crippen LogP contribution in [0, 0.1) is 21.4 Å². The van der Waals surface area contributed by atoms with Gasteiger partial charge >= 0.3 is 0 Å². The van der Waals surface area contributed by atoms with Crippen LogP contribution >= 0.6 is 136 Å². The maximum Gasteiger partial charge on any atom is 0.265 e. The van der Waals surface area contributed by atoms with Gasteiger partial charge in [0.2, 0.25) is 6.10 Å². The summed E-state index contributed by atoms with van der Waals surface area (Å²) in [5, 5.41) is 97.5. The van der Waals surface area contributed by atoms with E-state index in [-0.39, 0.29) is 55.0 Å². The Bertz CT molecular complexity index is 1720. The Morgan fingerprint density at radius 3 is 0.817 bits per heavy atom. The van der Waals surface area contributed by atoms with Gasteiger partial charge in [-0.25, -0.2) is 0 Å². The summed E-state index contributed by atoms with van der Waals surface area (Å²) in [5.74, 6) is -5.89. The van der Waals surface area contributed by atoms with Crippen molar-refractivity contribution in [3.63, 3.8) is 0 Å². The van der Waals surface area contributed by atoms with E-state index in [2.05, 4.69) is 21.3 Å². The summed E-state index contributed by atoms with van der Waals surface area (Å²) >= 11 is 10.3. The summed E-state index contributed by atoms with van der Waals surface area (Å²) < 4.78 is 0.345. The zero-order valence-electron chi connectivity index (χ0n) is 31.2. The van der Waals surface area contributed by atoms with Crippen LogP contribution in [0.15, 0.2) is 0 Å². The molecule has 2 aromatic rings. The van der Waals surface area contributed by atoms with Gasteiger partial charge in [-0.3, -0.25) is 28.8 Å². The summed E-state index contributed by atoms with van der Waals surface area (Å²) in [7, 11) is 2.31. The van der Waals surface area contributed by atoms with Gasteiger partial charge in [0, 0.05) is 47.4 Å². The number of likely N-dealkylation sites (N-methyl/N-ethyl adjacent to an activating group) is 2. The Kier molecular flexibility index (Phi) is 23.7. The first-order valence-corrected chi connectivity index (χ1v) is 23.4. The van der Waals surface area contributed by atoms with Gasteiger partial charge in [-0.15, -0.1) is 0 Å². The van der Waals surface area contributed by atoms with Crippen molar-refractivity contribution >= 4 is 182 Å². The normalized spacial score (nSPS) is 13.7. The Balaban J connectivity index is 2.77. The van der Waals surface area contributed by atoms with Gasteiger partial charge in [0.15, 0.2) is 0 Å². The Morgan fingerprint density at radius 2 is 0.633 bits per heavy atom. The first kappa shape index (κ1) is 55.4. The standard InChI is InChI=1S/C33H40I6N6O15/c1-44(25-21(36)15(28(55)40-3-11(50)7-46)19(34)16(22(25)37)29(56)41-4-12(51)8-47)32(59)27(54)33(60)45(2)26-23(38)17(30(57)42-5-13(52)9-48)20(35)18(24(26)39)31(58)43-6-14(53)10-49/h11-14,27,46-54H,3-10H2,1-2H3,(H,40,55)(H,41,56)(H,42,57)(H,43,58). The number of hydrogen-bond acceptors (Lipinski definition) is 15. The molecule has 0 fully saturated rings. The summed E-state index contributed by atoms with van der Waals surface area (Å²) in [4.78, 5) is 83.9. The van der Waals surface area contributed by atoms with Crippen LogP contribution in [0.4, 0.5) is 11.4 Å². The van der Waals surface area contributed by atoms with E-state index in [4.69, 9.17) is 0 Å². The number of nitrogens with one attached hydrogen (secondary N) is 4. The van der Waals surface area contributed by atoms with Gasteiger partial charge in [-0.05, 0) is 136 Å². The maximum absolute atomic E-state index is 14.1. The van der Waals surface area contributed by atoms with Crippen molar-refractivity contribution in [3.05, 3.63) is 43.7 Å². The van der Waals surface area contributed by atoms with Gasteiger partial charge in [0.05, 0.1) is 98.8 Å². The minimum atomic E-state index is -2.50. The van der Waals surface area contributed by atoms with Gasteiger partial charge in [0.1, 0.15) is 0 Å². The van der Waals surface area contributed by atoms with Crippen molar-refractivity contribution in [2.24, 2.45) is 0 Å². The predicted octanol–water partition coefficient (Wildman–Crippen LogP) is -2.37. The lowest BCUT2D eigenvalue weighted by Crippen LogP contribution is -2.48. The molecule has 13 N–H and O–H groups in total. The summed E-state index contributed by atoms with van der Waals surface area (Å²) in [6, 6.07) is 0. The lowest BCUT2D eigenvalue weighted by molar-refractivity contribution is -0.137. The number of aliphatic hydroxyl groups is 9. The molecule has 0 saturated heterocycles. The predicted molar refractivity (Wildman–Crippen MR) is 264 cm³/mol. The Morgan fingerprint density at radius 1 is 0.433 bits per heavy atom. The molecule has 0 bridgehead atoms. The topological polar surface area (TPSA) is 339 Å². The Labute approximate surface area is 424 Å². The quantitative estimate of drug-likeness (QED) is 0.0487. The number of carbonyl (C=O) groups is 6. The molecule has 334 valence electrons. The van der Waals surface area contributed by atoms with Gasteiger partial charge in [-0.2, -0.15) is 0 Å². The Hall–Kier alpha value is -0.720. The highest BCUT2D eigenvalue weighted by Gasteiger charge is 2.38. The van der Waals surface area contributed by atoms with Crippen LogP contribution < -0.4 is 31.1 Å². The molecule has 0 aromatic heterocycles. The largest absolute Gasteiger partial charge is 0.394 e. The highest BCUT2D eigenvalue weighted by molar-refractivity contribution is 14.1. The number of amides is 6. The van der Waals surface area contributed by atoms with E-state index < -0.39 is 119 Å². The fraction of sp³-hybridized carbons (Fsp3) is 0.455. The molecule has 0 aliphatic heterocycles. The van der Waals surface area contributed by atoms with Crippen LogP contribution in [0.3, 0.4) is 0 Å². The van der Waals surface area contributed by atoms with Crippen LogP contribution in [0.5, 0.6) is 0 Å². The number of rotatable bonds is 20. The van der Waals surface area contributed by atoms with Crippen LogP contribution in [0.1, 0.15) is 41.4 Å². The van der Waals surface area contributed by atoms with E-state index in [0.717, 1.165) is 23.9 Å². The number of aliphatic hydroxyl groups excluding tert-OH is 9. The lowest BCUT2D eigenvalue weighted by atomic mass is 10.1. The second kappa shape index (κ2) is 25.7. The first-order valence-electron chi connectivity index (χ1n) is 17.0. The monoisotopic (exact) mass is 1520 g/mol. The molecule has 6 amide bonds. The second-order valence-electron chi connectivity index (χ2n) is 12.5. The summed E-state index contributed by atoms with van der Waals surface area (Å²) in [6.07, 6.45) is -7.87. The van der Waals surface area contributed by atoms with Crippen molar-refractivity contribution < 1.29 is 74.7 Å². The van der Waals surface area contributed by atoms with Crippen molar-refractivity contribution in [2.45, 2.75) is 30.5 Å². The number of halogens is 6. The van der Waals surface area contributed by atoms with E-state index in [0.29, 0.717) is 0 Å². The SMILES string of the molecule is CN(C(=O)C(O)C(=O)N(C)c1c(I)c(C(=O)NCC(O)CO)c(I)c(C(=O)NCC(O)CO)c1I)c1c(I)c(C(=O)NCC(O)CO)c(I)c(C(=O)NCC(O)CO)c1I. The van der Waals surface area contributed by atoms with Gasteiger partial charge < -0.3 is 77.0 Å². The van der Waals surface area contributed by atoms with E-state index in [9.17, 15) is 74.7 Å². The number of nitrogens with zero attached hydrogens (tertiary/aromatic N) is 2. The molecule has 27 heteroatoms. The van der Waals surface area contributed by atoms with E-state index in [1.807, 2.05) is 0 Å². The number of anilines is 2. The first-order chi connectivity index (χ1) is 28.0. The number of benzene rings is 2. The minimum absolute atomic E-state index is 0.0545. The molecular formula is C33H40I6N6O15. The molecule has 2 aromatic carbocycles. The van der Waals surface area contributed by atoms with Crippen molar-refractivity contribution in [1.82, 2.24) is 21.3 Å². The lowest BCUT2D eigenvalue weighted by Gasteiger charge is -2.29. The molecule has 0 heterocycles. The fourth-order valence-corrected chi connectivity index (χ4v) is 14.6. The third-order valence-electron chi connectivity index (χ3n) is 8.13. The van der Waals surface area contributed by atoms with Crippen molar-refractivity contribution in [1.29, 1.82) is 0 Å². The second-order valence-corrected chi connectivity index (χ2v) is 18.9. The highest BCUT2D eigenvalue weighted by Crippen LogP contribution is 2.40. The molecule has 2 rings (SSSR count). The highest BCUT2D eigenvalue weighted by atomic mass is 127. The van der Waals surface area contributed by atoms with E-state index in [1.54, 1.807) is 136 Å². The van der Waals surface area contributed by atoms with Crippen LogP contribution in [0.25, 0.3) is 0 Å². The number of carbonyl (C=O) groups excluding carboxylic acids is 6. The molecule has 21 nitrogen and oxygen atoms in total. The van der Waals surface area contributed by atoms with Crippen molar-refractivity contribution in [2.75, 3.05) is 76.5 Å². The molecule has 4 unspecified atom stereocenters. The average Bonchev–Trinajstić information content (AvgIpc) is 3.21. The van der Waals surface area contributed by atoms with Crippen LogP contribution in [-0.4, -0.2) is 179 Å². The van der Waals surface area contributed by atoms with E-state index >= 15 is 0 Å². The molecule has 0 aliphatic carbocycles. The summed E-state index contributed by atoms with van der Waals surface area (Å²) in [5.41, 5.74) is -0.911. The van der Waals surface area contributed by atoms with Crippen molar-refractivity contribution in [3.8, 4) is 0 Å². The molecule has 0 aliphatic rings. The zero-order chi connectivity index (χ0) is 45.9. The van der Waals surface area contributed by atoms with Crippen LogP contribution in [0.2, 0.25) is 0 Å². The third kappa shape index (κ3) is 13.7. The maximum atomic E-state index is 14.1. The molecule has 60 heavy (non-hydrogen) atoms. The van der Waals surface area contributed by atoms with Crippen LogP contribution in [-0.2, 0) is 9.59 Å². The molecule has 0 radical (unpaired) electrons. The molecule has 0 spiro atoms. The third-order valence-corrected chi connectivity index (χ3v) is 14.5. The molecular weight excluding hydrogens is 1480 g/mol. The number of hydrogen-bond donors (Lipinski definition) is 13. The molecule has 0 saturated carbocycles. The molecule has 4 atom stereocenters. The van der Waals surface area contributed by atoms with Gasteiger partial charge in [0.25, 0.3) is 35.4 Å².